The summed E-state index contributed by atoms with van der Waals surface area (Å²) in [4.78, 5) is -0.285. The molecular weight excluding hydrogens is 414 g/mol. The number of aromatic hydroxyl groups is 3. The Morgan fingerprint density at radius 1 is 0.968 bits per heavy atom. The number of phenolic OH excluding ortho intramolecular Hbond substituents is 3. The van der Waals surface area contributed by atoms with E-state index in [0.29, 0.717) is 5.56 Å². The fourth-order valence-electron chi connectivity index (χ4n) is 4.14. The van der Waals surface area contributed by atoms with E-state index in [0.717, 1.165) is 28.3 Å². The lowest BCUT2D eigenvalue weighted by Gasteiger charge is -2.27. The van der Waals surface area contributed by atoms with Crippen molar-refractivity contribution in [3.8, 4) is 17.2 Å². The van der Waals surface area contributed by atoms with Crippen LogP contribution in [0.4, 0.5) is 0 Å². The van der Waals surface area contributed by atoms with Crippen molar-refractivity contribution in [1.29, 1.82) is 0 Å². The van der Waals surface area contributed by atoms with Crippen LogP contribution in [0, 0.1) is 6.92 Å². The Hall–Kier alpha value is -3.29. The van der Waals surface area contributed by atoms with Crippen LogP contribution in [0.1, 0.15) is 40.8 Å². The topological polar surface area (TPSA) is 98.1 Å². The van der Waals surface area contributed by atoms with Gasteiger partial charge in [-0.05, 0) is 65.9 Å². The molecule has 3 aromatic carbocycles. The van der Waals surface area contributed by atoms with Crippen molar-refractivity contribution in [3.05, 3.63) is 88.5 Å². The van der Waals surface area contributed by atoms with Crippen molar-refractivity contribution < 1.29 is 23.7 Å². The third-order valence-electron chi connectivity index (χ3n) is 5.55. The molecule has 0 aromatic heterocycles. The number of aryl methyl sites for hydroxylation is 1. The van der Waals surface area contributed by atoms with E-state index < -0.39 is 21.8 Å². The number of benzene rings is 3. The number of nitrogens with zero attached hydrogens (tertiary/aromatic N) is 1. The minimum Gasteiger partial charge on any atom is -0.508 e. The Morgan fingerprint density at radius 2 is 1.68 bits per heavy atom. The van der Waals surface area contributed by atoms with Gasteiger partial charge in [-0.1, -0.05) is 36.4 Å². The zero-order chi connectivity index (χ0) is 22.3. The minimum absolute atomic E-state index is 0.0419. The van der Waals surface area contributed by atoms with Crippen LogP contribution in [-0.2, 0) is 16.6 Å². The average molecular weight is 438 g/mol. The Kier molecular flexibility index (Phi) is 5.24. The minimum atomic E-state index is -4.14. The Morgan fingerprint density at radius 3 is 2.39 bits per heavy atom. The van der Waals surface area contributed by atoms with Gasteiger partial charge in [0.15, 0.2) is 0 Å². The zero-order valence-corrected chi connectivity index (χ0v) is 18.0. The number of allylic oxidation sites excluding steroid dienone is 1. The van der Waals surface area contributed by atoms with Crippen molar-refractivity contribution in [2.75, 3.05) is 0 Å². The van der Waals surface area contributed by atoms with Gasteiger partial charge in [-0.25, -0.2) is 8.42 Å². The second kappa shape index (κ2) is 7.76. The van der Waals surface area contributed by atoms with Crippen molar-refractivity contribution in [2.24, 2.45) is 0 Å². The van der Waals surface area contributed by atoms with Gasteiger partial charge in [0.25, 0.3) is 0 Å². The summed E-state index contributed by atoms with van der Waals surface area (Å²) < 4.78 is 28.6. The maximum Gasteiger partial charge on any atom is 0.247 e. The average Bonchev–Trinajstić information content (AvgIpc) is 3.08. The lowest BCUT2D eigenvalue weighted by molar-refractivity contribution is 0.381. The molecule has 31 heavy (non-hydrogen) atoms. The van der Waals surface area contributed by atoms with E-state index in [1.54, 1.807) is 18.2 Å². The molecule has 7 heteroatoms. The molecule has 0 saturated carbocycles. The first-order chi connectivity index (χ1) is 14.7. The van der Waals surface area contributed by atoms with Gasteiger partial charge >= 0.3 is 0 Å². The van der Waals surface area contributed by atoms with Crippen molar-refractivity contribution >= 4 is 16.1 Å². The number of phenols is 3. The second-order valence-electron chi connectivity index (χ2n) is 7.57. The Bertz CT molecular complexity index is 1300. The van der Waals surface area contributed by atoms with Crippen LogP contribution in [0.25, 0.3) is 6.08 Å². The van der Waals surface area contributed by atoms with Gasteiger partial charge in [0.1, 0.15) is 22.1 Å². The summed E-state index contributed by atoms with van der Waals surface area (Å²) in [5.41, 5.74) is 4.21. The van der Waals surface area contributed by atoms with Crippen LogP contribution in [0.15, 0.2) is 65.6 Å². The van der Waals surface area contributed by atoms with Gasteiger partial charge in [0, 0.05) is 12.6 Å². The maximum absolute atomic E-state index is 13.7. The predicted molar refractivity (Wildman–Crippen MR) is 118 cm³/mol. The molecule has 0 radical (unpaired) electrons. The highest BCUT2D eigenvalue weighted by Gasteiger charge is 2.41. The number of fused-ring (bicyclic) bond motifs is 1. The standard InChI is InChI=1S/C24H23NO5S/c1-3-5-19-15(2)6-4-7-21(19)24-20-10-8-17(26)12-16(20)14-25(24)31(29,30)23-11-9-18(27)13-22(23)28/h3-13,24,26-28H,14H2,1-2H3. The molecule has 1 atom stereocenters. The molecule has 0 fully saturated rings. The summed E-state index contributed by atoms with van der Waals surface area (Å²) in [6.07, 6.45) is 3.86. The molecule has 6 nitrogen and oxygen atoms in total. The van der Waals surface area contributed by atoms with Crippen LogP contribution < -0.4 is 0 Å². The molecule has 1 heterocycles. The highest BCUT2D eigenvalue weighted by atomic mass is 32.2. The molecule has 160 valence electrons. The zero-order valence-electron chi connectivity index (χ0n) is 17.1. The summed E-state index contributed by atoms with van der Waals surface area (Å²) in [7, 11) is -4.14. The molecule has 0 spiro atoms. The van der Waals surface area contributed by atoms with Crippen LogP contribution in [0.3, 0.4) is 0 Å². The molecule has 4 rings (SSSR count). The van der Waals surface area contributed by atoms with Crippen LogP contribution in [0.2, 0.25) is 0 Å². The fourth-order valence-corrected chi connectivity index (χ4v) is 5.77. The molecule has 1 aliphatic heterocycles. The largest absolute Gasteiger partial charge is 0.508 e. The summed E-state index contributed by atoms with van der Waals surface area (Å²) in [6.45, 7) is 3.91. The first-order valence-corrected chi connectivity index (χ1v) is 11.3. The lowest BCUT2D eigenvalue weighted by atomic mass is 9.92. The van der Waals surface area contributed by atoms with E-state index in [2.05, 4.69) is 0 Å². The second-order valence-corrected chi connectivity index (χ2v) is 9.42. The smallest absolute Gasteiger partial charge is 0.247 e. The fraction of sp³-hybridized carbons (Fsp3) is 0.167. The van der Waals surface area contributed by atoms with E-state index in [1.807, 2.05) is 44.2 Å². The highest BCUT2D eigenvalue weighted by molar-refractivity contribution is 7.89. The van der Waals surface area contributed by atoms with E-state index in [4.69, 9.17) is 0 Å². The van der Waals surface area contributed by atoms with Gasteiger partial charge in [0.2, 0.25) is 10.0 Å². The monoisotopic (exact) mass is 437 g/mol. The predicted octanol–water partition coefficient (Wildman–Crippen LogP) is 4.44. The van der Waals surface area contributed by atoms with Crippen molar-refractivity contribution in [3.63, 3.8) is 0 Å². The summed E-state index contributed by atoms with van der Waals surface area (Å²) >= 11 is 0. The normalized spacial score (nSPS) is 16.6. The van der Waals surface area contributed by atoms with E-state index in [1.165, 1.54) is 16.4 Å². The van der Waals surface area contributed by atoms with Gasteiger partial charge in [-0.15, -0.1) is 0 Å². The molecule has 1 aliphatic rings. The molecule has 0 amide bonds. The van der Waals surface area contributed by atoms with Crippen molar-refractivity contribution in [1.82, 2.24) is 4.31 Å². The molecular formula is C24H23NO5S. The molecule has 0 bridgehead atoms. The first-order valence-electron chi connectivity index (χ1n) is 9.82. The highest BCUT2D eigenvalue weighted by Crippen LogP contribution is 2.45. The first kappa shape index (κ1) is 21.0. The third-order valence-corrected chi connectivity index (χ3v) is 7.41. The molecule has 0 aliphatic carbocycles. The maximum atomic E-state index is 13.7. The number of sulfonamides is 1. The molecule has 1 unspecified atom stereocenters. The number of rotatable bonds is 4. The molecule has 3 aromatic rings. The number of hydrogen-bond donors (Lipinski definition) is 3. The van der Waals surface area contributed by atoms with Crippen LogP contribution in [-0.4, -0.2) is 28.0 Å². The summed E-state index contributed by atoms with van der Waals surface area (Å²) in [6, 6.07) is 13.4. The number of hydrogen-bond acceptors (Lipinski definition) is 5. The SMILES string of the molecule is CC=Cc1c(C)cccc1C1c2ccc(O)cc2CN1S(=O)(=O)c1ccc(O)cc1O. The van der Waals surface area contributed by atoms with E-state index >= 15 is 0 Å². The van der Waals surface area contributed by atoms with E-state index in [9.17, 15) is 23.7 Å². The van der Waals surface area contributed by atoms with Crippen molar-refractivity contribution in [2.45, 2.75) is 31.3 Å². The lowest BCUT2D eigenvalue weighted by Crippen LogP contribution is -2.31. The quantitative estimate of drug-likeness (QED) is 0.561. The summed E-state index contributed by atoms with van der Waals surface area (Å²) in [5, 5.41) is 29.8. The Labute approximate surface area is 181 Å². The molecule has 0 saturated heterocycles. The van der Waals surface area contributed by atoms with Gasteiger partial charge < -0.3 is 15.3 Å². The molecule has 3 N–H and O–H groups in total. The summed E-state index contributed by atoms with van der Waals surface area (Å²) in [5.74, 6) is -0.686. The Balaban J connectivity index is 1.96. The van der Waals surface area contributed by atoms with E-state index in [-0.39, 0.29) is 22.9 Å². The van der Waals surface area contributed by atoms with Gasteiger partial charge in [-0.2, -0.15) is 4.31 Å². The van der Waals surface area contributed by atoms with Crippen LogP contribution >= 0.6 is 0 Å². The van der Waals surface area contributed by atoms with Gasteiger partial charge in [0.05, 0.1) is 6.04 Å². The van der Waals surface area contributed by atoms with Gasteiger partial charge in [-0.3, -0.25) is 0 Å². The third kappa shape index (κ3) is 3.56. The van der Waals surface area contributed by atoms with Crippen LogP contribution in [0.5, 0.6) is 17.2 Å².